The van der Waals surface area contributed by atoms with Crippen molar-refractivity contribution in [3.05, 3.63) is 35.5 Å². The molecule has 0 aliphatic carbocycles. The number of aryl methyl sites for hydroxylation is 1. The highest BCUT2D eigenvalue weighted by Crippen LogP contribution is 2.20. The molecule has 14 heavy (non-hydrogen) atoms. The van der Waals surface area contributed by atoms with E-state index in [-0.39, 0.29) is 0 Å². The van der Waals surface area contributed by atoms with E-state index >= 15 is 0 Å². The van der Waals surface area contributed by atoms with Crippen LogP contribution in [0.4, 0.5) is 0 Å². The second-order valence-electron chi connectivity index (χ2n) is 3.25. The Labute approximate surface area is 93.2 Å². The van der Waals surface area contributed by atoms with Gasteiger partial charge < -0.3 is 4.57 Å². The van der Waals surface area contributed by atoms with Gasteiger partial charge in [0.15, 0.2) is 0 Å². The van der Waals surface area contributed by atoms with Crippen LogP contribution in [-0.2, 0) is 6.54 Å². The van der Waals surface area contributed by atoms with Crippen molar-refractivity contribution in [2.45, 2.75) is 13.0 Å². The lowest BCUT2D eigenvalue weighted by Gasteiger charge is -2.03. The summed E-state index contributed by atoms with van der Waals surface area (Å²) < 4.78 is 2.18. The topological polar surface area (TPSA) is 4.93 Å². The van der Waals surface area contributed by atoms with Gasteiger partial charge >= 0.3 is 0 Å². The van der Waals surface area contributed by atoms with Gasteiger partial charge in [-0.1, -0.05) is 17.7 Å². The van der Waals surface area contributed by atoms with Gasteiger partial charge in [0.2, 0.25) is 0 Å². The Hall–Kier alpha value is -0.660. The van der Waals surface area contributed by atoms with Crippen LogP contribution in [-0.4, -0.2) is 10.4 Å². The zero-order chi connectivity index (χ0) is 9.97. The van der Waals surface area contributed by atoms with Gasteiger partial charge in [-0.25, -0.2) is 0 Å². The Morgan fingerprint density at radius 1 is 1.21 bits per heavy atom. The summed E-state index contributed by atoms with van der Waals surface area (Å²) in [6.45, 7) is 0.952. The van der Waals surface area contributed by atoms with Crippen molar-refractivity contribution in [1.82, 2.24) is 4.57 Å². The summed E-state index contributed by atoms with van der Waals surface area (Å²) in [5.74, 6) is 0.695. The quantitative estimate of drug-likeness (QED) is 0.701. The number of hydrogen-bond acceptors (Lipinski definition) is 0. The van der Waals surface area contributed by atoms with Crippen molar-refractivity contribution in [2.75, 3.05) is 5.88 Å². The van der Waals surface area contributed by atoms with Crippen LogP contribution in [0.2, 0.25) is 5.02 Å². The number of aromatic nitrogens is 1. The highest BCUT2D eigenvalue weighted by Gasteiger charge is 2.00. The van der Waals surface area contributed by atoms with E-state index in [4.69, 9.17) is 23.2 Å². The zero-order valence-corrected chi connectivity index (χ0v) is 9.22. The fraction of sp³-hybridized carbons (Fsp3) is 0.273. The molecule has 0 N–H and O–H groups in total. The van der Waals surface area contributed by atoms with Crippen LogP contribution >= 0.6 is 23.2 Å². The minimum absolute atomic E-state index is 0.695. The first-order chi connectivity index (χ1) is 6.81. The average molecular weight is 228 g/mol. The number of halogens is 2. The molecule has 0 saturated heterocycles. The van der Waals surface area contributed by atoms with Crippen molar-refractivity contribution in [1.29, 1.82) is 0 Å². The number of rotatable bonds is 3. The SMILES string of the molecule is ClCCCn1ccc2ccc(Cl)cc21. The molecule has 2 aromatic rings. The number of benzene rings is 1. The molecule has 1 heterocycles. The number of alkyl halides is 1. The van der Waals surface area contributed by atoms with Gasteiger partial charge in [0.25, 0.3) is 0 Å². The van der Waals surface area contributed by atoms with E-state index in [0.717, 1.165) is 18.0 Å². The minimum atomic E-state index is 0.695. The fourth-order valence-corrected chi connectivity index (χ4v) is 1.87. The van der Waals surface area contributed by atoms with Crippen molar-refractivity contribution in [3.63, 3.8) is 0 Å². The van der Waals surface area contributed by atoms with Gasteiger partial charge in [0, 0.05) is 29.2 Å². The van der Waals surface area contributed by atoms with Crippen LogP contribution in [0, 0.1) is 0 Å². The van der Waals surface area contributed by atoms with Crippen LogP contribution < -0.4 is 0 Å². The summed E-state index contributed by atoms with van der Waals surface area (Å²) in [6.07, 6.45) is 3.06. The summed E-state index contributed by atoms with van der Waals surface area (Å²) in [5.41, 5.74) is 1.18. The van der Waals surface area contributed by atoms with E-state index in [1.165, 1.54) is 10.9 Å². The summed E-state index contributed by atoms with van der Waals surface area (Å²) in [7, 11) is 0. The molecular weight excluding hydrogens is 217 g/mol. The number of fused-ring (bicyclic) bond motifs is 1. The van der Waals surface area contributed by atoms with Gasteiger partial charge in [-0.15, -0.1) is 11.6 Å². The van der Waals surface area contributed by atoms with Crippen molar-refractivity contribution < 1.29 is 0 Å². The van der Waals surface area contributed by atoms with Gasteiger partial charge in [-0.05, 0) is 30.0 Å². The largest absolute Gasteiger partial charge is 0.347 e. The normalized spacial score (nSPS) is 11.0. The maximum atomic E-state index is 5.94. The molecule has 0 unspecified atom stereocenters. The molecule has 1 aromatic heterocycles. The molecule has 3 heteroatoms. The van der Waals surface area contributed by atoms with Crippen LogP contribution in [0.5, 0.6) is 0 Å². The molecule has 1 nitrogen and oxygen atoms in total. The molecule has 1 aromatic carbocycles. The smallest absolute Gasteiger partial charge is 0.0495 e. The highest BCUT2D eigenvalue weighted by atomic mass is 35.5. The Balaban J connectivity index is 2.40. The molecule has 0 fully saturated rings. The molecule has 0 radical (unpaired) electrons. The predicted molar refractivity (Wildman–Crippen MR) is 62.3 cm³/mol. The molecular formula is C11H11Cl2N. The first kappa shape index (κ1) is 9.88. The van der Waals surface area contributed by atoms with E-state index in [0.29, 0.717) is 5.88 Å². The third-order valence-electron chi connectivity index (χ3n) is 2.27. The van der Waals surface area contributed by atoms with Crippen LogP contribution in [0.3, 0.4) is 0 Å². The molecule has 0 saturated carbocycles. The van der Waals surface area contributed by atoms with E-state index in [9.17, 15) is 0 Å². The molecule has 74 valence electrons. The average Bonchev–Trinajstić information content (AvgIpc) is 2.57. The van der Waals surface area contributed by atoms with Gasteiger partial charge in [0.05, 0.1) is 0 Å². The molecule has 0 aliphatic heterocycles. The van der Waals surface area contributed by atoms with Gasteiger partial charge in [-0.3, -0.25) is 0 Å². The molecule has 0 bridgehead atoms. The second kappa shape index (κ2) is 4.24. The number of hydrogen-bond donors (Lipinski definition) is 0. The lowest BCUT2D eigenvalue weighted by Crippen LogP contribution is -1.95. The molecule has 2 rings (SSSR count). The Morgan fingerprint density at radius 3 is 2.86 bits per heavy atom. The fourth-order valence-electron chi connectivity index (χ4n) is 1.58. The monoisotopic (exact) mass is 227 g/mol. The Kier molecular flexibility index (Phi) is 2.99. The summed E-state index contributed by atoms with van der Waals surface area (Å²) in [6, 6.07) is 8.04. The van der Waals surface area contributed by atoms with Crippen molar-refractivity contribution >= 4 is 34.1 Å². The molecule has 0 aliphatic rings. The number of nitrogens with zero attached hydrogens (tertiary/aromatic N) is 1. The Bertz CT molecular complexity index is 434. The van der Waals surface area contributed by atoms with Gasteiger partial charge in [0.1, 0.15) is 0 Å². The lowest BCUT2D eigenvalue weighted by atomic mass is 10.2. The maximum Gasteiger partial charge on any atom is 0.0495 e. The third-order valence-corrected chi connectivity index (χ3v) is 2.77. The second-order valence-corrected chi connectivity index (χ2v) is 4.07. The van der Waals surface area contributed by atoms with Crippen molar-refractivity contribution in [2.24, 2.45) is 0 Å². The zero-order valence-electron chi connectivity index (χ0n) is 7.71. The van der Waals surface area contributed by atoms with Crippen LogP contribution in [0.25, 0.3) is 10.9 Å². The van der Waals surface area contributed by atoms with Crippen molar-refractivity contribution in [3.8, 4) is 0 Å². The maximum absolute atomic E-state index is 5.94. The summed E-state index contributed by atoms with van der Waals surface area (Å²) >= 11 is 11.6. The first-order valence-corrected chi connectivity index (χ1v) is 5.53. The minimum Gasteiger partial charge on any atom is -0.347 e. The van der Waals surface area contributed by atoms with E-state index in [1.807, 2.05) is 18.2 Å². The van der Waals surface area contributed by atoms with Gasteiger partial charge in [-0.2, -0.15) is 0 Å². The van der Waals surface area contributed by atoms with Crippen LogP contribution in [0.15, 0.2) is 30.5 Å². The predicted octanol–water partition coefficient (Wildman–Crippen LogP) is 3.92. The van der Waals surface area contributed by atoms with Crippen LogP contribution in [0.1, 0.15) is 6.42 Å². The molecule has 0 amide bonds. The third kappa shape index (κ3) is 1.89. The van der Waals surface area contributed by atoms with E-state index < -0.39 is 0 Å². The van der Waals surface area contributed by atoms with E-state index in [1.54, 1.807) is 0 Å². The first-order valence-electron chi connectivity index (χ1n) is 4.61. The standard InChI is InChI=1S/C11H11Cl2N/c12-5-1-6-14-7-4-9-2-3-10(13)8-11(9)14/h2-4,7-8H,1,5-6H2. The summed E-state index contributed by atoms with van der Waals surface area (Å²) in [5, 5.41) is 2.01. The summed E-state index contributed by atoms with van der Waals surface area (Å²) in [4.78, 5) is 0. The molecule has 0 atom stereocenters. The van der Waals surface area contributed by atoms with E-state index in [2.05, 4.69) is 16.8 Å². The highest BCUT2D eigenvalue weighted by molar-refractivity contribution is 6.31. The molecule has 0 spiro atoms. The lowest BCUT2D eigenvalue weighted by molar-refractivity contribution is 0.707. The Morgan fingerprint density at radius 2 is 2.07 bits per heavy atom.